The second-order valence-electron chi connectivity index (χ2n) is 7.59. The van der Waals surface area contributed by atoms with Crippen LogP contribution in [-0.4, -0.2) is 16.9 Å². The van der Waals surface area contributed by atoms with Gasteiger partial charge in [-0.25, -0.2) is 18.6 Å². The van der Waals surface area contributed by atoms with Crippen molar-refractivity contribution in [1.82, 2.24) is 4.98 Å². The van der Waals surface area contributed by atoms with Gasteiger partial charge in [-0.3, -0.25) is 5.32 Å². The molecule has 8 heteroatoms. The molecule has 3 heterocycles. The van der Waals surface area contributed by atoms with Crippen molar-refractivity contribution in [3.63, 3.8) is 0 Å². The van der Waals surface area contributed by atoms with Gasteiger partial charge in [0.15, 0.2) is 5.82 Å². The predicted molar refractivity (Wildman–Crippen MR) is 114 cm³/mol. The third-order valence-electron chi connectivity index (χ3n) is 5.47. The SMILES string of the molecule is Nc1cccc(-c2c[n+]3c(c(Cc4ccccc4F)n2)NC(Cc2ccco2)C3=O)c1F. The highest BCUT2D eigenvalue weighted by Crippen LogP contribution is 2.28. The maximum Gasteiger partial charge on any atom is 0.359 e. The van der Waals surface area contributed by atoms with Crippen molar-refractivity contribution in [1.29, 1.82) is 0 Å². The number of carbonyl (C=O) groups excluding carboxylic acids is 1. The Balaban J connectivity index is 1.61. The van der Waals surface area contributed by atoms with Crippen molar-refractivity contribution in [2.75, 3.05) is 11.1 Å². The summed E-state index contributed by atoms with van der Waals surface area (Å²) in [6, 6.07) is 13.9. The zero-order chi connectivity index (χ0) is 22.2. The summed E-state index contributed by atoms with van der Waals surface area (Å²) in [5.74, 6) is -0.148. The number of hydrogen-bond acceptors (Lipinski definition) is 5. The third-order valence-corrected chi connectivity index (χ3v) is 5.47. The molecule has 0 bridgehead atoms. The summed E-state index contributed by atoms with van der Waals surface area (Å²) in [6.07, 6.45) is 3.47. The Kier molecular flexibility index (Phi) is 4.89. The lowest BCUT2D eigenvalue weighted by molar-refractivity contribution is -0.552. The number of furan rings is 1. The van der Waals surface area contributed by atoms with Crippen molar-refractivity contribution in [2.45, 2.75) is 18.9 Å². The lowest BCUT2D eigenvalue weighted by Crippen LogP contribution is -2.44. The lowest BCUT2D eigenvalue weighted by Gasteiger charge is -2.09. The first-order valence-electron chi connectivity index (χ1n) is 10.1. The summed E-state index contributed by atoms with van der Waals surface area (Å²) in [4.78, 5) is 17.8. The third kappa shape index (κ3) is 3.49. The quantitative estimate of drug-likeness (QED) is 0.370. The minimum absolute atomic E-state index is 0.0226. The Morgan fingerprint density at radius 3 is 2.72 bits per heavy atom. The van der Waals surface area contributed by atoms with Crippen LogP contribution in [0.4, 0.5) is 20.3 Å². The van der Waals surface area contributed by atoms with Gasteiger partial charge in [0.05, 0.1) is 18.4 Å². The number of nitrogens with zero attached hydrogens (tertiary/aromatic N) is 2. The molecule has 0 radical (unpaired) electrons. The van der Waals surface area contributed by atoms with E-state index in [2.05, 4.69) is 10.3 Å². The fourth-order valence-corrected chi connectivity index (χ4v) is 3.87. The number of aromatic nitrogens is 2. The highest BCUT2D eigenvalue weighted by Gasteiger charge is 2.41. The number of carbonyl (C=O) groups is 1. The first-order chi connectivity index (χ1) is 15.5. The minimum Gasteiger partial charge on any atom is -0.469 e. The van der Waals surface area contributed by atoms with Crippen LogP contribution >= 0.6 is 0 Å². The smallest absolute Gasteiger partial charge is 0.359 e. The van der Waals surface area contributed by atoms with E-state index >= 15 is 0 Å². The fraction of sp³-hybridized carbons (Fsp3) is 0.125. The van der Waals surface area contributed by atoms with Gasteiger partial charge in [0.25, 0.3) is 0 Å². The van der Waals surface area contributed by atoms with Crippen molar-refractivity contribution in [2.24, 2.45) is 0 Å². The van der Waals surface area contributed by atoms with E-state index in [1.54, 1.807) is 48.7 Å². The highest BCUT2D eigenvalue weighted by atomic mass is 19.1. The van der Waals surface area contributed by atoms with Gasteiger partial charge in [0.2, 0.25) is 6.04 Å². The molecule has 2 aromatic heterocycles. The van der Waals surface area contributed by atoms with Gasteiger partial charge in [-0.1, -0.05) is 24.3 Å². The van der Waals surface area contributed by atoms with E-state index in [-0.39, 0.29) is 35.1 Å². The summed E-state index contributed by atoms with van der Waals surface area (Å²) in [5.41, 5.74) is 6.94. The lowest BCUT2D eigenvalue weighted by atomic mass is 10.1. The second kappa shape index (κ2) is 7.88. The molecule has 5 rings (SSSR count). The van der Waals surface area contributed by atoms with Gasteiger partial charge in [-0.05, 0) is 35.9 Å². The van der Waals surface area contributed by atoms with E-state index in [4.69, 9.17) is 10.2 Å². The van der Waals surface area contributed by atoms with Gasteiger partial charge in [-0.2, -0.15) is 4.57 Å². The highest BCUT2D eigenvalue weighted by molar-refractivity contribution is 5.82. The molecule has 0 amide bonds. The van der Waals surface area contributed by atoms with Crippen molar-refractivity contribution >= 4 is 17.4 Å². The maximum absolute atomic E-state index is 14.7. The molecule has 4 aromatic rings. The van der Waals surface area contributed by atoms with E-state index in [0.717, 1.165) is 0 Å². The largest absolute Gasteiger partial charge is 0.469 e. The normalized spacial score (nSPS) is 14.9. The number of hydrogen-bond donors (Lipinski definition) is 2. The van der Waals surface area contributed by atoms with Crippen LogP contribution in [-0.2, 0) is 12.8 Å². The van der Waals surface area contributed by atoms with Crippen molar-refractivity contribution in [3.05, 3.63) is 95.7 Å². The van der Waals surface area contributed by atoms with Crippen LogP contribution < -0.4 is 15.6 Å². The summed E-state index contributed by atoms with van der Waals surface area (Å²) in [7, 11) is 0. The molecule has 3 N–H and O–H groups in total. The Morgan fingerprint density at radius 2 is 1.94 bits per heavy atom. The fourth-order valence-electron chi connectivity index (χ4n) is 3.87. The zero-order valence-electron chi connectivity index (χ0n) is 16.9. The summed E-state index contributed by atoms with van der Waals surface area (Å²) < 4.78 is 35.9. The summed E-state index contributed by atoms with van der Waals surface area (Å²) in [5, 5.41) is 3.19. The Hall–Kier alpha value is -4.07. The molecule has 32 heavy (non-hydrogen) atoms. The standard InChI is InChI=1S/C24H18F2N4O2/c25-17-8-2-1-5-14(17)11-19-23-29-20(12-15-6-4-10-32-15)24(31)30(23)13-21(28-19)16-7-3-9-18(27)22(16)26/h1-10,13,20H,11-12,27H2/p+1. The number of halogens is 2. The van der Waals surface area contributed by atoms with E-state index in [9.17, 15) is 13.6 Å². The summed E-state index contributed by atoms with van der Waals surface area (Å²) in [6.45, 7) is 0. The molecule has 0 saturated heterocycles. The Morgan fingerprint density at radius 1 is 1.09 bits per heavy atom. The minimum atomic E-state index is -0.622. The van der Waals surface area contributed by atoms with Crippen LogP contribution in [0.25, 0.3) is 11.3 Å². The molecular formula is C24H19F2N4O2+. The van der Waals surface area contributed by atoms with Crippen LogP contribution in [0.15, 0.2) is 71.5 Å². The van der Waals surface area contributed by atoms with Crippen LogP contribution in [0, 0.1) is 11.6 Å². The molecule has 0 aliphatic carbocycles. The molecule has 2 aromatic carbocycles. The predicted octanol–water partition coefficient (Wildman–Crippen LogP) is 3.76. The first kappa shape index (κ1) is 19.9. The average Bonchev–Trinajstić information content (AvgIpc) is 3.41. The van der Waals surface area contributed by atoms with Gasteiger partial charge in [0.1, 0.15) is 29.2 Å². The van der Waals surface area contributed by atoms with Gasteiger partial charge in [0, 0.05) is 12.0 Å². The van der Waals surface area contributed by atoms with E-state index in [0.29, 0.717) is 29.3 Å². The molecular weight excluding hydrogens is 414 g/mol. The molecule has 1 unspecified atom stereocenters. The van der Waals surface area contributed by atoms with Gasteiger partial charge < -0.3 is 10.2 Å². The number of nitrogen functional groups attached to an aromatic ring is 1. The first-order valence-corrected chi connectivity index (χ1v) is 10.1. The number of benzene rings is 2. The monoisotopic (exact) mass is 433 g/mol. The molecule has 0 spiro atoms. The molecule has 160 valence electrons. The Bertz CT molecular complexity index is 1320. The molecule has 1 aliphatic heterocycles. The number of nitrogens with one attached hydrogen (secondary N) is 1. The van der Waals surface area contributed by atoms with E-state index < -0.39 is 11.9 Å². The van der Waals surface area contributed by atoms with Crippen LogP contribution in [0.2, 0.25) is 0 Å². The van der Waals surface area contributed by atoms with Gasteiger partial charge >= 0.3 is 11.7 Å². The van der Waals surface area contributed by atoms with Crippen molar-refractivity contribution < 1.29 is 22.6 Å². The van der Waals surface area contributed by atoms with Crippen LogP contribution in [0.1, 0.15) is 21.8 Å². The maximum atomic E-state index is 14.7. The Labute approximate surface area is 182 Å². The van der Waals surface area contributed by atoms with Crippen LogP contribution in [0.5, 0.6) is 0 Å². The topological polar surface area (TPSA) is 85.0 Å². The van der Waals surface area contributed by atoms with E-state index in [1.165, 1.54) is 22.9 Å². The molecule has 1 atom stereocenters. The number of rotatable bonds is 5. The number of nitrogens with two attached hydrogens (primary N) is 1. The molecule has 0 saturated carbocycles. The molecule has 0 fully saturated rings. The summed E-state index contributed by atoms with van der Waals surface area (Å²) >= 11 is 0. The van der Waals surface area contributed by atoms with E-state index in [1.807, 2.05) is 0 Å². The molecule has 1 aliphatic rings. The van der Waals surface area contributed by atoms with Crippen LogP contribution in [0.3, 0.4) is 0 Å². The van der Waals surface area contributed by atoms with Gasteiger partial charge in [-0.15, -0.1) is 0 Å². The average molecular weight is 433 g/mol. The molecule has 6 nitrogen and oxygen atoms in total. The number of fused-ring (bicyclic) bond motifs is 1. The van der Waals surface area contributed by atoms with Crippen molar-refractivity contribution in [3.8, 4) is 11.3 Å². The number of anilines is 2. The zero-order valence-corrected chi connectivity index (χ0v) is 16.9. The second-order valence-corrected chi connectivity index (χ2v) is 7.59.